The molecule has 3 aromatic rings. The number of aryl methyl sites for hydroxylation is 2. The molecule has 0 fully saturated rings. The molecule has 0 saturated heterocycles. The summed E-state index contributed by atoms with van der Waals surface area (Å²) in [5, 5.41) is 16.0. The van der Waals surface area contributed by atoms with Gasteiger partial charge in [0.2, 0.25) is 0 Å². The smallest absolute Gasteiger partial charge is 0.171 e. The van der Waals surface area contributed by atoms with E-state index in [-0.39, 0.29) is 12.4 Å². The molecule has 3 rings (SSSR count). The van der Waals surface area contributed by atoms with Crippen LogP contribution in [0.2, 0.25) is 5.02 Å². The topological polar surface area (TPSA) is 59.7 Å². The molecule has 0 aliphatic heterocycles. The molecule has 28 heavy (non-hydrogen) atoms. The van der Waals surface area contributed by atoms with E-state index >= 15 is 0 Å². The summed E-state index contributed by atoms with van der Waals surface area (Å²) in [6.07, 6.45) is 3.79. The maximum absolute atomic E-state index is 14.1. The molecule has 0 spiro atoms. The van der Waals surface area contributed by atoms with E-state index in [2.05, 4.69) is 20.8 Å². The Bertz CT molecular complexity index is 976. The van der Waals surface area contributed by atoms with Crippen LogP contribution in [0.3, 0.4) is 0 Å². The number of anilines is 1. The van der Waals surface area contributed by atoms with Crippen LogP contribution < -0.4 is 10.6 Å². The standard InChI is InChI=1S/C19H22ClFN6S/c1-4-26-10-14(9-23-26)8-22-19(28)24-18-12(2)25-27(13(18)3)11-15-16(20)6-5-7-17(15)21/h5-7,9-10H,4,8,11H2,1-3H3,(H2,22,24,28). The zero-order valence-corrected chi connectivity index (χ0v) is 17.5. The van der Waals surface area contributed by atoms with E-state index in [1.165, 1.54) is 6.07 Å². The minimum atomic E-state index is -0.348. The Labute approximate surface area is 173 Å². The number of hydrogen-bond acceptors (Lipinski definition) is 3. The van der Waals surface area contributed by atoms with Gasteiger partial charge in [0, 0.05) is 35.4 Å². The molecule has 0 aliphatic carbocycles. The number of benzene rings is 1. The molecular formula is C19H22ClFN6S. The van der Waals surface area contributed by atoms with Gasteiger partial charge in [-0.1, -0.05) is 17.7 Å². The first kappa shape index (κ1) is 20.3. The van der Waals surface area contributed by atoms with Crippen LogP contribution in [0.4, 0.5) is 10.1 Å². The Hall–Kier alpha value is -2.45. The molecule has 6 nitrogen and oxygen atoms in total. The Morgan fingerprint density at radius 2 is 2.11 bits per heavy atom. The van der Waals surface area contributed by atoms with Gasteiger partial charge in [-0.25, -0.2) is 4.39 Å². The molecule has 2 aromatic heterocycles. The summed E-state index contributed by atoms with van der Waals surface area (Å²) in [4.78, 5) is 0. The van der Waals surface area contributed by atoms with Gasteiger partial charge in [-0.15, -0.1) is 0 Å². The van der Waals surface area contributed by atoms with Gasteiger partial charge < -0.3 is 10.6 Å². The van der Waals surface area contributed by atoms with E-state index in [0.717, 1.165) is 29.2 Å². The third-order valence-electron chi connectivity index (χ3n) is 4.45. The largest absolute Gasteiger partial charge is 0.358 e. The van der Waals surface area contributed by atoms with Crippen molar-refractivity contribution in [2.45, 2.75) is 40.4 Å². The minimum Gasteiger partial charge on any atom is -0.358 e. The average Bonchev–Trinajstić information content (AvgIpc) is 3.23. The highest BCUT2D eigenvalue weighted by atomic mass is 35.5. The summed E-state index contributed by atoms with van der Waals surface area (Å²) in [5.41, 5.74) is 3.88. The van der Waals surface area contributed by atoms with Crippen LogP contribution in [0, 0.1) is 19.7 Å². The fraction of sp³-hybridized carbons (Fsp3) is 0.316. The number of rotatable bonds is 6. The van der Waals surface area contributed by atoms with E-state index < -0.39 is 0 Å². The van der Waals surface area contributed by atoms with Crippen LogP contribution in [0.15, 0.2) is 30.6 Å². The van der Waals surface area contributed by atoms with E-state index in [1.54, 1.807) is 16.8 Å². The molecule has 0 amide bonds. The second-order valence-corrected chi connectivity index (χ2v) is 7.23. The third-order valence-corrected chi connectivity index (χ3v) is 5.05. The molecule has 2 N–H and O–H groups in total. The van der Waals surface area contributed by atoms with E-state index in [1.807, 2.05) is 37.8 Å². The Balaban J connectivity index is 1.68. The van der Waals surface area contributed by atoms with Crippen molar-refractivity contribution >= 4 is 34.6 Å². The molecule has 0 atom stereocenters. The summed E-state index contributed by atoms with van der Waals surface area (Å²) in [5.74, 6) is -0.348. The molecule has 2 heterocycles. The van der Waals surface area contributed by atoms with Crippen molar-refractivity contribution in [1.29, 1.82) is 0 Å². The van der Waals surface area contributed by atoms with Crippen LogP contribution in [0.5, 0.6) is 0 Å². The van der Waals surface area contributed by atoms with Crippen molar-refractivity contribution in [1.82, 2.24) is 24.9 Å². The third kappa shape index (κ3) is 4.51. The summed E-state index contributed by atoms with van der Waals surface area (Å²) in [7, 11) is 0. The summed E-state index contributed by atoms with van der Waals surface area (Å²) >= 11 is 11.5. The number of aromatic nitrogens is 4. The number of hydrogen-bond donors (Lipinski definition) is 2. The summed E-state index contributed by atoms with van der Waals surface area (Å²) in [6, 6.07) is 4.65. The number of nitrogens with one attached hydrogen (secondary N) is 2. The highest BCUT2D eigenvalue weighted by Crippen LogP contribution is 2.24. The van der Waals surface area contributed by atoms with Crippen LogP contribution in [-0.4, -0.2) is 24.7 Å². The van der Waals surface area contributed by atoms with Crippen molar-refractivity contribution in [3.8, 4) is 0 Å². The first-order valence-electron chi connectivity index (χ1n) is 8.92. The van der Waals surface area contributed by atoms with Gasteiger partial charge >= 0.3 is 0 Å². The van der Waals surface area contributed by atoms with E-state index in [9.17, 15) is 4.39 Å². The van der Waals surface area contributed by atoms with Gasteiger partial charge in [0.15, 0.2) is 5.11 Å². The second kappa shape index (κ2) is 8.70. The monoisotopic (exact) mass is 420 g/mol. The SMILES string of the molecule is CCn1cc(CNC(=S)Nc2c(C)nn(Cc3c(F)cccc3Cl)c2C)cn1. The molecule has 0 radical (unpaired) electrons. The Morgan fingerprint density at radius 3 is 2.79 bits per heavy atom. The number of thiocarbonyl (C=S) groups is 1. The Morgan fingerprint density at radius 1 is 1.32 bits per heavy atom. The van der Waals surface area contributed by atoms with Gasteiger partial charge in [-0.2, -0.15) is 10.2 Å². The molecule has 0 saturated carbocycles. The lowest BCUT2D eigenvalue weighted by Gasteiger charge is -2.11. The van der Waals surface area contributed by atoms with Crippen molar-refractivity contribution < 1.29 is 4.39 Å². The lowest BCUT2D eigenvalue weighted by atomic mass is 10.2. The maximum atomic E-state index is 14.1. The molecule has 9 heteroatoms. The lowest BCUT2D eigenvalue weighted by molar-refractivity contribution is 0.579. The number of halogens is 2. The van der Waals surface area contributed by atoms with Gasteiger partial charge in [0.05, 0.1) is 29.8 Å². The first-order chi connectivity index (χ1) is 13.4. The quantitative estimate of drug-likeness (QED) is 0.589. The van der Waals surface area contributed by atoms with Gasteiger partial charge in [0.1, 0.15) is 5.82 Å². The highest BCUT2D eigenvalue weighted by Gasteiger charge is 2.15. The van der Waals surface area contributed by atoms with Crippen LogP contribution in [-0.2, 0) is 19.6 Å². The zero-order valence-electron chi connectivity index (χ0n) is 16.0. The first-order valence-corrected chi connectivity index (χ1v) is 9.70. The normalized spacial score (nSPS) is 10.9. The second-order valence-electron chi connectivity index (χ2n) is 6.42. The molecule has 148 valence electrons. The average molecular weight is 421 g/mol. The fourth-order valence-electron chi connectivity index (χ4n) is 2.88. The molecule has 0 unspecified atom stereocenters. The van der Waals surface area contributed by atoms with E-state index in [0.29, 0.717) is 22.2 Å². The minimum absolute atomic E-state index is 0.246. The lowest BCUT2D eigenvalue weighted by Crippen LogP contribution is -2.28. The van der Waals surface area contributed by atoms with Crippen molar-refractivity contribution in [2.75, 3.05) is 5.32 Å². The van der Waals surface area contributed by atoms with Crippen LogP contribution in [0.1, 0.15) is 29.4 Å². The molecule has 1 aromatic carbocycles. The van der Waals surface area contributed by atoms with Gasteiger partial charge in [-0.3, -0.25) is 9.36 Å². The molecule has 0 aliphatic rings. The fourth-order valence-corrected chi connectivity index (χ4v) is 3.27. The van der Waals surface area contributed by atoms with Crippen LogP contribution >= 0.6 is 23.8 Å². The maximum Gasteiger partial charge on any atom is 0.171 e. The zero-order chi connectivity index (χ0) is 20.3. The highest BCUT2D eigenvalue weighted by molar-refractivity contribution is 7.80. The molecule has 0 bridgehead atoms. The summed E-state index contributed by atoms with van der Waals surface area (Å²) in [6.45, 7) is 7.47. The van der Waals surface area contributed by atoms with Gasteiger partial charge in [-0.05, 0) is 45.1 Å². The van der Waals surface area contributed by atoms with E-state index in [4.69, 9.17) is 23.8 Å². The Kier molecular flexibility index (Phi) is 6.31. The molecular weight excluding hydrogens is 399 g/mol. The predicted octanol–water partition coefficient (Wildman–Crippen LogP) is 4.04. The predicted molar refractivity (Wildman–Crippen MR) is 113 cm³/mol. The van der Waals surface area contributed by atoms with Gasteiger partial charge in [0.25, 0.3) is 0 Å². The van der Waals surface area contributed by atoms with Crippen molar-refractivity contribution in [3.63, 3.8) is 0 Å². The number of nitrogens with zero attached hydrogens (tertiary/aromatic N) is 4. The summed E-state index contributed by atoms with van der Waals surface area (Å²) < 4.78 is 17.7. The van der Waals surface area contributed by atoms with Crippen LogP contribution in [0.25, 0.3) is 0 Å². The van der Waals surface area contributed by atoms with Crippen molar-refractivity contribution in [2.24, 2.45) is 0 Å². The van der Waals surface area contributed by atoms with Crippen molar-refractivity contribution in [3.05, 3.63) is 63.9 Å².